The van der Waals surface area contributed by atoms with Gasteiger partial charge in [0.05, 0.1) is 24.1 Å². The minimum Gasteiger partial charge on any atom is -0.464 e. The maximum atomic E-state index is 11.0. The number of rotatable bonds is 4. The molecule has 0 aliphatic carbocycles. The molecule has 78 valence electrons. The third-order valence-corrected chi connectivity index (χ3v) is 2.70. The standard InChI is InChI=1S/C8H10ClNO3S/c1-13-8(12)6-4-14-7(10-6)2-5(9)3-11/h4-5,11H,2-3H2,1H3. The SMILES string of the molecule is COC(=O)c1csc(CC(Cl)CO)n1. The van der Waals surface area contributed by atoms with Gasteiger partial charge in [0.2, 0.25) is 0 Å². The van der Waals surface area contributed by atoms with Gasteiger partial charge in [-0.2, -0.15) is 0 Å². The summed E-state index contributed by atoms with van der Waals surface area (Å²) in [5, 5.41) is 10.7. The number of thiazole rings is 1. The van der Waals surface area contributed by atoms with Gasteiger partial charge in [-0.1, -0.05) is 0 Å². The van der Waals surface area contributed by atoms with Crippen molar-refractivity contribution >= 4 is 28.9 Å². The topological polar surface area (TPSA) is 59.4 Å². The van der Waals surface area contributed by atoms with E-state index in [1.54, 1.807) is 5.38 Å². The van der Waals surface area contributed by atoms with Gasteiger partial charge in [-0.3, -0.25) is 0 Å². The summed E-state index contributed by atoms with van der Waals surface area (Å²) < 4.78 is 4.50. The zero-order valence-corrected chi connectivity index (χ0v) is 9.14. The Morgan fingerprint density at radius 1 is 1.86 bits per heavy atom. The van der Waals surface area contributed by atoms with Crippen LogP contribution in [0, 0.1) is 0 Å². The largest absolute Gasteiger partial charge is 0.464 e. The first-order valence-corrected chi connectivity index (χ1v) is 5.26. The number of carbonyl (C=O) groups excluding carboxylic acids is 1. The average molecular weight is 236 g/mol. The van der Waals surface area contributed by atoms with E-state index in [1.165, 1.54) is 18.4 Å². The van der Waals surface area contributed by atoms with Gasteiger partial charge in [0.25, 0.3) is 0 Å². The summed E-state index contributed by atoms with van der Waals surface area (Å²) in [6.45, 7) is -0.102. The highest BCUT2D eigenvalue weighted by molar-refractivity contribution is 7.09. The molecule has 0 spiro atoms. The van der Waals surface area contributed by atoms with Crippen LogP contribution in [0.5, 0.6) is 0 Å². The van der Waals surface area contributed by atoms with Crippen LogP contribution in [0.15, 0.2) is 5.38 Å². The van der Waals surface area contributed by atoms with Crippen LogP contribution in [0.3, 0.4) is 0 Å². The van der Waals surface area contributed by atoms with Crippen LogP contribution in [0.2, 0.25) is 0 Å². The lowest BCUT2D eigenvalue weighted by atomic mass is 10.3. The Morgan fingerprint density at radius 3 is 3.14 bits per heavy atom. The molecule has 0 aliphatic heterocycles. The monoisotopic (exact) mass is 235 g/mol. The van der Waals surface area contributed by atoms with Crippen molar-refractivity contribution in [1.82, 2.24) is 4.98 Å². The molecule has 0 aromatic carbocycles. The fourth-order valence-corrected chi connectivity index (χ4v) is 1.94. The molecule has 4 nitrogen and oxygen atoms in total. The third kappa shape index (κ3) is 2.94. The first kappa shape index (κ1) is 11.4. The molecule has 0 saturated heterocycles. The van der Waals surface area contributed by atoms with Gasteiger partial charge < -0.3 is 9.84 Å². The molecule has 0 fully saturated rings. The van der Waals surface area contributed by atoms with Crippen molar-refractivity contribution in [1.29, 1.82) is 0 Å². The number of halogens is 1. The van der Waals surface area contributed by atoms with Crippen molar-refractivity contribution in [2.45, 2.75) is 11.8 Å². The quantitative estimate of drug-likeness (QED) is 0.627. The van der Waals surface area contributed by atoms with Crippen LogP contribution in [-0.2, 0) is 11.2 Å². The van der Waals surface area contributed by atoms with E-state index < -0.39 is 5.97 Å². The fourth-order valence-electron chi connectivity index (χ4n) is 0.857. The van der Waals surface area contributed by atoms with Crippen LogP contribution in [0.4, 0.5) is 0 Å². The Hall–Kier alpha value is -0.650. The third-order valence-electron chi connectivity index (χ3n) is 1.54. The number of esters is 1. The van der Waals surface area contributed by atoms with Crippen molar-refractivity contribution in [2.24, 2.45) is 0 Å². The average Bonchev–Trinajstić information content (AvgIpc) is 2.65. The number of methoxy groups -OCH3 is 1. The smallest absolute Gasteiger partial charge is 0.357 e. The van der Waals surface area contributed by atoms with Crippen molar-refractivity contribution in [3.05, 3.63) is 16.1 Å². The Kier molecular flexibility index (Phi) is 4.31. The normalized spacial score (nSPS) is 12.5. The Labute approximate surface area is 90.5 Å². The number of nitrogens with zero attached hydrogens (tertiary/aromatic N) is 1. The summed E-state index contributed by atoms with van der Waals surface area (Å²) in [6.07, 6.45) is 0.458. The summed E-state index contributed by atoms with van der Waals surface area (Å²) in [5.74, 6) is -0.456. The molecule has 0 bridgehead atoms. The second-order valence-corrected chi connectivity index (χ2v) is 4.16. The zero-order valence-electron chi connectivity index (χ0n) is 7.57. The molecule has 1 heterocycles. The summed E-state index contributed by atoms with van der Waals surface area (Å²) >= 11 is 7.05. The summed E-state index contributed by atoms with van der Waals surface area (Å²) in [4.78, 5) is 15.0. The number of alkyl halides is 1. The lowest BCUT2D eigenvalue weighted by molar-refractivity contribution is 0.0594. The van der Waals surface area contributed by atoms with Crippen molar-refractivity contribution < 1.29 is 14.6 Å². The van der Waals surface area contributed by atoms with Crippen LogP contribution < -0.4 is 0 Å². The molecule has 0 aliphatic rings. The van der Waals surface area contributed by atoms with E-state index in [0.717, 1.165) is 5.01 Å². The van der Waals surface area contributed by atoms with Crippen molar-refractivity contribution in [3.8, 4) is 0 Å². The molecule has 1 unspecified atom stereocenters. The van der Waals surface area contributed by atoms with Gasteiger partial charge in [-0.15, -0.1) is 22.9 Å². The first-order chi connectivity index (χ1) is 6.67. The minimum atomic E-state index is -0.456. The number of hydrogen-bond donors (Lipinski definition) is 1. The molecule has 1 aromatic heterocycles. The second-order valence-electron chi connectivity index (χ2n) is 2.60. The Morgan fingerprint density at radius 2 is 2.57 bits per heavy atom. The van der Waals surface area contributed by atoms with Crippen molar-refractivity contribution in [3.63, 3.8) is 0 Å². The highest BCUT2D eigenvalue weighted by Crippen LogP contribution is 2.14. The molecule has 1 N–H and O–H groups in total. The van der Waals surface area contributed by atoms with Crippen LogP contribution in [0.1, 0.15) is 15.5 Å². The molecule has 1 rings (SSSR count). The Balaban J connectivity index is 2.63. The predicted octanol–water partition coefficient (Wildman–Crippen LogP) is 1.07. The minimum absolute atomic E-state index is 0.102. The van der Waals surface area contributed by atoms with E-state index in [0.29, 0.717) is 6.42 Å². The van der Waals surface area contributed by atoms with Gasteiger partial charge in [0.1, 0.15) is 0 Å². The first-order valence-electron chi connectivity index (χ1n) is 3.95. The van der Waals surface area contributed by atoms with Crippen LogP contribution in [0.25, 0.3) is 0 Å². The highest BCUT2D eigenvalue weighted by Gasteiger charge is 2.12. The molecule has 14 heavy (non-hydrogen) atoms. The van der Waals surface area contributed by atoms with Crippen molar-refractivity contribution in [2.75, 3.05) is 13.7 Å². The molecule has 1 atom stereocenters. The molecule has 0 saturated carbocycles. The zero-order chi connectivity index (χ0) is 10.6. The molecule has 1 aromatic rings. The van der Waals surface area contributed by atoms with E-state index in [-0.39, 0.29) is 17.7 Å². The molecular formula is C8H10ClNO3S. The number of ether oxygens (including phenoxy) is 1. The Bertz CT molecular complexity index is 315. The van der Waals surface area contributed by atoms with Gasteiger partial charge in [-0.05, 0) is 0 Å². The summed E-state index contributed by atoms with van der Waals surface area (Å²) in [7, 11) is 1.30. The van der Waals surface area contributed by atoms with E-state index in [4.69, 9.17) is 16.7 Å². The highest BCUT2D eigenvalue weighted by atomic mass is 35.5. The number of carbonyl (C=O) groups is 1. The lowest BCUT2D eigenvalue weighted by Gasteiger charge is -2.00. The molecule has 0 amide bonds. The summed E-state index contributed by atoms with van der Waals surface area (Å²) in [6, 6.07) is 0. The maximum Gasteiger partial charge on any atom is 0.357 e. The lowest BCUT2D eigenvalue weighted by Crippen LogP contribution is -2.08. The number of aliphatic hydroxyl groups is 1. The predicted molar refractivity (Wildman–Crippen MR) is 53.9 cm³/mol. The second kappa shape index (κ2) is 5.29. The fraction of sp³-hybridized carbons (Fsp3) is 0.500. The number of aromatic nitrogens is 1. The maximum absolute atomic E-state index is 11.0. The number of aliphatic hydroxyl groups excluding tert-OH is 1. The van der Waals surface area contributed by atoms with Gasteiger partial charge >= 0.3 is 5.97 Å². The van der Waals surface area contributed by atoms with E-state index in [2.05, 4.69) is 9.72 Å². The molecule has 0 radical (unpaired) electrons. The molecule has 6 heteroatoms. The van der Waals surface area contributed by atoms with Gasteiger partial charge in [0, 0.05) is 11.8 Å². The van der Waals surface area contributed by atoms with Gasteiger partial charge in [-0.25, -0.2) is 9.78 Å². The summed E-state index contributed by atoms with van der Waals surface area (Å²) in [5.41, 5.74) is 0.286. The van der Waals surface area contributed by atoms with E-state index in [9.17, 15) is 4.79 Å². The molecular weight excluding hydrogens is 226 g/mol. The van der Waals surface area contributed by atoms with Crippen LogP contribution >= 0.6 is 22.9 Å². The van der Waals surface area contributed by atoms with E-state index in [1.807, 2.05) is 0 Å². The van der Waals surface area contributed by atoms with Crippen LogP contribution in [-0.4, -0.2) is 35.2 Å². The number of hydrogen-bond acceptors (Lipinski definition) is 5. The van der Waals surface area contributed by atoms with E-state index >= 15 is 0 Å². The van der Waals surface area contributed by atoms with Gasteiger partial charge in [0.15, 0.2) is 5.69 Å².